The third-order valence-electron chi connectivity index (χ3n) is 2.52. The van der Waals surface area contributed by atoms with E-state index < -0.39 is 17.7 Å². The van der Waals surface area contributed by atoms with E-state index in [2.05, 4.69) is 31.0 Å². The molecular weight excluding hydrogens is 363 g/mol. The number of anilines is 1. The van der Waals surface area contributed by atoms with E-state index in [0.717, 1.165) is 11.3 Å². The molecule has 0 radical (unpaired) electrons. The van der Waals surface area contributed by atoms with Crippen LogP contribution >= 0.6 is 27.3 Å². The fraction of sp³-hybridized carbons (Fsp3) is 0.154. The van der Waals surface area contributed by atoms with Crippen LogP contribution in [0, 0.1) is 5.82 Å². The van der Waals surface area contributed by atoms with Gasteiger partial charge in [0.25, 0.3) is 5.91 Å². The average Bonchev–Trinajstić information content (AvgIpc) is 2.85. The maximum absolute atomic E-state index is 13.7. The number of hydrogen-bond donors (Lipinski definition) is 1. The van der Waals surface area contributed by atoms with Crippen molar-refractivity contribution in [1.29, 1.82) is 0 Å². The van der Waals surface area contributed by atoms with Crippen molar-refractivity contribution in [3.05, 3.63) is 45.1 Å². The van der Waals surface area contributed by atoms with Gasteiger partial charge in [0, 0.05) is 9.85 Å². The van der Waals surface area contributed by atoms with E-state index in [1.54, 1.807) is 11.4 Å². The zero-order valence-corrected chi connectivity index (χ0v) is 13.3. The Hall–Kier alpha value is -1.80. The number of carbonyl (C=O) groups is 2. The molecule has 1 heterocycles. The first-order valence-corrected chi connectivity index (χ1v) is 7.45. The molecule has 0 atom stereocenters. The molecule has 1 N–H and O–H groups in total. The molecule has 2 aromatic rings. The maximum Gasteiger partial charge on any atom is 0.311 e. The van der Waals surface area contributed by atoms with Crippen molar-refractivity contribution < 1.29 is 18.7 Å². The van der Waals surface area contributed by atoms with Crippen molar-refractivity contribution in [2.24, 2.45) is 0 Å². The Morgan fingerprint density at radius 2 is 2.24 bits per heavy atom. The molecule has 0 spiro atoms. The molecule has 0 saturated heterocycles. The molecule has 1 aromatic heterocycles. The predicted octanol–water partition coefficient (Wildman–Crippen LogP) is 3.01. The quantitative estimate of drug-likeness (QED) is 0.837. The summed E-state index contributed by atoms with van der Waals surface area (Å²) < 4.78 is 18.5. The standard InChI is InChI=1S/C13H10BrFN2O3S/c1-20-10(18)5-7-6-21-13(16-7)17-12(19)11-8(14)3-2-4-9(11)15/h2-4,6H,5H2,1H3,(H,16,17,19). The number of nitrogens with one attached hydrogen (secondary N) is 1. The summed E-state index contributed by atoms with van der Waals surface area (Å²) in [7, 11) is 1.28. The Morgan fingerprint density at radius 3 is 2.90 bits per heavy atom. The second-order valence-electron chi connectivity index (χ2n) is 3.95. The number of benzene rings is 1. The van der Waals surface area contributed by atoms with E-state index >= 15 is 0 Å². The van der Waals surface area contributed by atoms with Crippen LogP contribution in [0.15, 0.2) is 28.1 Å². The first-order chi connectivity index (χ1) is 10.0. The van der Waals surface area contributed by atoms with Gasteiger partial charge in [-0.3, -0.25) is 14.9 Å². The molecule has 1 amide bonds. The first-order valence-electron chi connectivity index (χ1n) is 5.78. The second-order valence-corrected chi connectivity index (χ2v) is 5.66. The zero-order valence-electron chi connectivity index (χ0n) is 10.9. The van der Waals surface area contributed by atoms with Gasteiger partial charge < -0.3 is 4.74 Å². The van der Waals surface area contributed by atoms with Gasteiger partial charge in [0.15, 0.2) is 5.13 Å². The third-order valence-corrected chi connectivity index (χ3v) is 3.98. The van der Waals surface area contributed by atoms with Crippen LogP contribution in [-0.2, 0) is 16.0 Å². The van der Waals surface area contributed by atoms with Crippen molar-refractivity contribution in [2.45, 2.75) is 6.42 Å². The molecular formula is C13H10BrFN2O3S. The molecule has 0 fully saturated rings. The van der Waals surface area contributed by atoms with E-state index in [-0.39, 0.29) is 17.1 Å². The van der Waals surface area contributed by atoms with Crippen LogP contribution < -0.4 is 5.32 Å². The molecule has 0 bridgehead atoms. The van der Waals surface area contributed by atoms with Gasteiger partial charge in [-0.1, -0.05) is 6.07 Å². The van der Waals surface area contributed by atoms with Crippen LogP contribution in [0.3, 0.4) is 0 Å². The van der Waals surface area contributed by atoms with Gasteiger partial charge in [-0.05, 0) is 28.1 Å². The van der Waals surface area contributed by atoms with Gasteiger partial charge in [0.05, 0.1) is 24.8 Å². The van der Waals surface area contributed by atoms with Gasteiger partial charge >= 0.3 is 5.97 Å². The molecule has 110 valence electrons. The van der Waals surface area contributed by atoms with E-state index in [1.807, 2.05) is 0 Å². The van der Waals surface area contributed by atoms with Crippen LogP contribution in [0.1, 0.15) is 16.1 Å². The highest BCUT2D eigenvalue weighted by atomic mass is 79.9. The summed E-state index contributed by atoms with van der Waals surface area (Å²) in [4.78, 5) is 27.2. The Kier molecular flexibility index (Phi) is 5.03. The Balaban J connectivity index is 2.12. The van der Waals surface area contributed by atoms with E-state index in [1.165, 1.54) is 19.2 Å². The van der Waals surface area contributed by atoms with Crippen molar-refractivity contribution in [3.63, 3.8) is 0 Å². The Bertz CT molecular complexity index is 670. The number of rotatable bonds is 4. The lowest BCUT2D eigenvalue weighted by Crippen LogP contribution is -2.14. The van der Waals surface area contributed by atoms with Gasteiger partial charge in [-0.15, -0.1) is 11.3 Å². The lowest BCUT2D eigenvalue weighted by Gasteiger charge is -2.05. The normalized spacial score (nSPS) is 10.2. The first kappa shape index (κ1) is 15.6. The lowest BCUT2D eigenvalue weighted by atomic mass is 10.2. The van der Waals surface area contributed by atoms with Gasteiger partial charge in [0.1, 0.15) is 5.82 Å². The van der Waals surface area contributed by atoms with Gasteiger partial charge in [-0.2, -0.15) is 0 Å². The molecule has 0 aliphatic carbocycles. The number of thiazole rings is 1. The minimum absolute atomic E-state index is 0.0201. The molecule has 0 saturated carbocycles. The fourth-order valence-corrected chi connectivity index (χ4v) is 2.77. The molecule has 21 heavy (non-hydrogen) atoms. The number of methoxy groups -OCH3 is 1. The molecule has 0 unspecified atom stereocenters. The van der Waals surface area contributed by atoms with Crippen LogP contribution in [0.25, 0.3) is 0 Å². The zero-order chi connectivity index (χ0) is 15.4. The number of amides is 1. The van der Waals surface area contributed by atoms with Crippen molar-refractivity contribution in [2.75, 3.05) is 12.4 Å². The van der Waals surface area contributed by atoms with E-state index in [9.17, 15) is 14.0 Å². The van der Waals surface area contributed by atoms with Crippen LogP contribution in [-0.4, -0.2) is 24.0 Å². The minimum Gasteiger partial charge on any atom is -0.469 e. The number of halogens is 2. The highest BCUT2D eigenvalue weighted by molar-refractivity contribution is 9.10. The number of nitrogens with zero attached hydrogens (tertiary/aromatic N) is 1. The van der Waals surface area contributed by atoms with Crippen molar-refractivity contribution >= 4 is 44.3 Å². The van der Waals surface area contributed by atoms with E-state index in [0.29, 0.717) is 10.2 Å². The highest BCUT2D eigenvalue weighted by Gasteiger charge is 2.17. The largest absolute Gasteiger partial charge is 0.469 e. The Labute approximate surface area is 132 Å². The molecule has 2 rings (SSSR count). The number of carbonyl (C=O) groups excluding carboxylic acids is 2. The molecule has 0 aliphatic heterocycles. The van der Waals surface area contributed by atoms with Crippen molar-refractivity contribution in [1.82, 2.24) is 4.98 Å². The molecule has 1 aromatic carbocycles. The molecule has 0 aliphatic rings. The predicted molar refractivity (Wildman–Crippen MR) is 79.9 cm³/mol. The summed E-state index contributed by atoms with van der Waals surface area (Å²) in [5, 5.41) is 4.41. The summed E-state index contributed by atoms with van der Waals surface area (Å²) in [5.74, 6) is -1.66. The monoisotopic (exact) mass is 372 g/mol. The van der Waals surface area contributed by atoms with Crippen LogP contribution in [0.4, 0.5) is 9.52 Å². The number of hydrogen-bond acceptors (Lipinski definition) is 5. The van der Waals surface area contributed by atoms with Gasteiger partial charge in [0.2, 0.25) is 0 Å². The number of aromatic nitrogens is 1. The van der Waals surface area contributed by atoms with E-state index in [4.69, 9.17) is 0 Å². The topological polar surface area (TPSA) is 68.3 Å². The average molecular weight is 373 g/mol. The summed E-state index contributed by atoms with van der Waals surface area (Å²) in [6.45, 7) is 0. The summed E-state index contributed by atoms with van der Waals surface area (Å²) in [6.07, 6.45) is 0.0201. The molecule has 5 nitrogen and oxygen atoms in total. The maximum atomic E-state index is 13.7. The van der Waals surface area contributed by atoms with Crippen LogP contribution in [0.5, 0.6) is 0 Å². The summed E-state index contributed by atoms with van der Waals surface area (Å²) >= 11 is 4.28. The fourth-order valence-electron chi connectivity index (χ4n) is 1.54. The third kappa shape index (κ3) is 3.85. The summed E-state index contributed by atoms with van der Waals surface area (Å²) in [5.41, 5.74) is 0.386. The van der Waals surface area contributed by atoms with Crippen LogP contribution in [0.2, 0.25) is 0 Å². The van der Waals surface area contributed by atoms with Crippen molar-refractivity contribution in [3.8, 4) is 0 Å². The Morgan fingerprint density at radius 1 is 1.48 bits per heavy atom. The second kappa shape index (κ2) is 6.77. The minimum atomic E-state index is -0.631. The van der Waals surface area contributed by atoms with Gasteiger partial charge in [-0.25, -0.2) is 9.37 Å². The summed E-state index contributed by atoms with van der Waals surface area (Å²) in [6, 6.07) is 4.26. The smallest absolute Gasteiger partial charge is 0.311 e. The lowest BCUT2D eigenvalue weighted by molar-refractivity contribution is -0.139. The molecule has 8 heteroatoms. The SMILES string of the molecule is COC(=O)Cc1csc(NC(=O)c2c(F)cccc2Br)n1. The number of ether oxygens (including phenoxy) is 1. The highest BCUT2D eigenvalue weighted by Crippen LogP contribution is 2.22. The number of esters is 1.